The van der Waals surface area contributed by atoms with Crippen LogP contribution < -0.4 is 5.32 Å². The third kappa shape index (κ3) is 2.01. The van der Waals surface area contributed by atoms with Crippen LogP contribution in [0.2, 0.25) is 0 Å². The minimum absolute atomic E-state index is 0.851. The van der Waals surface area contributed by atoms with Crippen LogP contribution in [-0.4, -0.2) is 12.1 Å². The van der Waals surface area contributed by atoms with Gasteiger partial charge in [0.2, 0.25) is 0 Å². The predicted molar refractivity (Wildman–Crippen MR) is 52.1 cm³/mol. The first-order valence-electron chi connectivity index (χ1n) is 5.51. The Balaban J connectivity index is 1.76. The summed E-state index contributed by atoms with van der Waals surface area (Å²) >= 11 is 0. The Bertz CT molecular complexity index is 151. The molecule has 2 fully saturated rings. The van der Waals surface area contributed by atoms with Crippen LogP contribution in [-0.2, 0) is 0 Å². The maximum Gasteiger partial charge on any atom is 0.00723 e. The van der Waals surface area contributed by atoms with Crippen LogP contribution in [0.3, 0.4) is 0 Å². The fourth-order valence-corrected chi connectivity index (χ4v) is 2.28. The van der Waals surface area contributed by atoms with E-state index in [1.807, 2.05) is 0 Å². The lowest BCUT2D eigenvalue weighted by atomic mass is 9.79. The molecule has 0 heterocycles. The van der Waals surface area contributed by atoms with Crippen LogP contribution in [0.4, 0.5) is 0 Å². The number of nitrogens with one attached hydrogen (secondary N) is 1. The summed E-state index contributed by atoms with van der Waals surface area (Å²) in [6.45, 7) is 4.81. The minimum atomic E-state index is 0.851. The van der Waals surface area contributed by atoms with Crippen molar-refractivity contribution in [2.24, 2.45) is 11.8 Å². The van der Waals surface area contributed by atoms with E-state index in [-0.39, 0.29) is 0 Å². The summed E-state index contributed by atoms with van der Waals surface area (Å²) in [4.78, 5) is 0. The summed E-state index contributed by atoms with van der Waals surface area (Å²) in [5, 5.41) is 3.74. The van der Waals surface area contributed by atoms with Crippen molar-refractivity contribution in [1.82, 2.24) is 5.32 Å². The molecule has 0 unspecified atom stereocenters. The summed E-state index contributed by atoms with van der Waals surface area (Å²) < 4.78 is 0. The van der Waals surface area contributed by atoms with Gasteiger partial charge in [0.05, 0.1) is 0 Å². The van der Waals surface area contributed by atoms with E-state index in [1.165, 1.54) is 32.1 Å². The maximum absolute atomic E-state index is 3.74. The highest BCUT2D eigenvalue weighted by molar-refractivity contribution is 4.88. The first kappa shape index (κ1) is 8.55. The van der Waals surface area contributed by atoms with Crippen LogP contribution >= 0.6 is 0 Å². The first-order chi connectivity index (χ1) is 5.75. The molecule has 2 aliphatic carbocycles. The molecule has 0 aliphatic heterocycles. The second-order valence-corrected chi connectivity index (χ2v) is 4.91. The topological polar surface area (TPSA) is 12.0 Å². The molecule has 0 aromatic carbocycles. The zero-order valence-corrected chi connectivity index (χ0v) is 8.34. The molecule has 0 saturated heterocycles. The van der Waals surface area contributed by atoms with Crippen molar-refractivity contribution < 1.29 is 0 Å². The van der Waals surface area contributed by atoms with E-state index in [9.17, 15) is 0 Å². The molecule has 1 heteroatoms. The SMILES string of the molecule is C[C@@H]1CC[C@H](NC2CC2)C[C@@H]1C. The normalized spacial score (nSPS) is 43.0. The lowest BCUT2D eigenvalue weighted by molar-refractivity contribution is 0.225. The van der Waals surface area contributed by atoms with Gasteiger partial charge < -0.3 is 5.32 Å². The predicted octanol–water partition coefficient (Wildman–Crippen LogP) is 2.56. The first-order valence-corrected chi connectivity index (χ1v) is 5.51. The molecule has 0 amide bonds. The van der Waals surface area contributed by atoms with Crippen molar-refractivity contribution in [2.75, 3.05) is 0 Å². The highest BCUT2D eigenvalue weighted by Gasteiger charge is 2.29. The Hall–Kier alpha value is -0.0400. The van der Waals surface area contributed by atoms with Gasteiger partial charge in [0, 0.05) is 12.1 Å². The summed E-state index contributed by atoms with van der Waals surface area (Å²) in [6.07, 6.45) is 7.13. The lowest BCUT2D eigenvalue weighted by Gasteiger charge is -2.32. The van der Waals surface area contributed by atoms with Crippen LogP contribution in [0.5, 0.6) is 0 Å². The monoisotopic (exact) mass is 167 g/mol. The third-order valence-electron chi connectivity index (χ3n) is 3.65. The van der Waals surface area contributed by atoms with E-state index in [0.717, 1.165) is 23.9 Å². The van der Waals surface area contributed by atoms with Crippen molar-refractivity contribution in [1.29, 1.82) is 0 Å². The smallest absolute Gasteiger partial charge is 0.00723 e. The quantitative estimate of drug-likeness (QED) is 0.666. The molecule has 1 N–H and O–H groups in total. The fourth-order valence-electron chi connectivity index (χ4n) is 2.28. The van der Waals surface area contributed by atoms with Crippen molar-refractivity contribution in [2.45, 2.75) is 58.0 Å². The molecule has 70 valence electrons. The van der Waals surface area contributed by atoms with E-state index in [0.29, 0.717) is 0 Å². The molecule has 0 aromatic heterocycles. The molecule has 12 heavy (non-hydrogen) atoms. The molecular formula is C11H21N. The second-order valence-electron chi connectivity index (χ2n) is 4.91. The van der Waals surface area contributed by atoms with Crippen molar-refractivity contribution in [3.05, 3.63) is 0 Å². The van der Waals surface area contributed by atoms with Gasteiger partial charge >= 0.3 is 0 Å². The number of hydrogen-bond acceptors (Lipinski definition) is 1. The van der Waals surface area contributed by atoms with E-state index >= 15 is 0 Å². The van der Waals surface area contributed by atoms with Crippen LogP contribution in [0.1, 0.15) is 46.0 Å². The highest BCUT2D eigenvalue weighted by Crippen LogP contribution is 2.31. The van der Waals surface area contributed by atoms with Crippen molar-refractivity contribution >= 4 is 0 Å². The lowest BCUT2D eigenvalue weighted by Crippen LogP contribution is -2.37. The van der Waals surface area contributed by atoms with Gasteiger partial charge in [-0.3, -0.25) is 0 Å². The molecule has 3 atom stereocenters. The molecule has 0 spiro atoms. The van der Waals surface area contributed by atoms with Gasteiger partial charge in [-0.1, -0.05) is 13.8 Å². The van der Waals surface area contributed by atoms with Gasteiger partial charge in [-0.05, 0) is 43.9 Å². The Morgan fingerprint density at radius 1 is 0.833 bits per heavy atom. The molecule has 0 aromatic rings. The second kappa shape index (κ2) is 3.37. The molecular weight excluding hydrogens is 146 g/mol. The molecule has 2 rings (SSSR count). The zero-order chi connectivity index (χ0) is 8.55. The van der Waals surface area contributed by atoms with Crippen LogP contribution in [0.25, 0.3) is 0 Å². The van der Waals surface area contributed by atoms with Gasteiger partial charge in [0.1, 0.15) is 0 Å². The summed E-state index contributed by atoms with van der Waals surface area (Å²) in [5.74, 6) is 1.90. The Morgan fingerprint density at radius 3 is 2.08 bits per heavy atom. The Morgan fingerprint density at radius 2 is 1.50 bits per heavy atom. The fraction of sp³-hybridized carbons (Fsp3) is 1.00. The van der Waals surface area contributed by atoms with Gasteiger partial charge in [-0.25, -0.2) is 0 Å². The Kier molecular flexibility index (Phi) is 2.40. The van der Waals surface area contributed by atoms with E-state index < -0.39 is 0 Å². The van der Waals surface area contributed by atoms with Gasteiger partial charge in [-0.15, -0.1) is 0 Å². The summed E-state index contributed by atoms with van der Waals surface area (Å²) in [5.41, 5.74) is 0. The number of rotatable bonds is 2. The largest absolute Gasteiger partial charge is 0.311 e. The Labute approximate surface area is 75.9 Å². The maximum atomic E-state index is 3.74. The zero-order valence-electron chi connectivity index (χ0n) is 8.34. The molecule has 0 radical (unpaired) electrons. The van der Waals surface area contributed by atoms with Crippen molar-refractivity contribution in [3.63, 3.8) is 0 Å². The van der Waals surface area contributed by atoms with Crippen LogP contribution in [0.15, 0.2) is 0 Å². The third-order valence-corrected chi connectivity index (χ3v) is 3.65. The highest BCUT2D eigenvalue weighted by atomic mass is 15.0. The number of hydrogen-bond donors (Lipinski definition) is 1. The summed E-state index contributed by atoms with van der Waals surface area (Å²) in [7, 11) is 0. The molecule has 0 bridgehead atoms. The van der Waals surface area contributed by atoms with Crippen LogP contribution in [0, 0.1) is 11.8 Å². The average Bonchev–Trinajstić information content (AvgIpc) is 2.81. The average molecular weight is 167 g/mol. The molecule has 1 nitrogen and oxygen atoms in total. The molecule has 2 aliphatic rings. The summed E-state index contributed by atoms with van der Waals surface area (Å²) in [6, 6.07) is 1.75. The standard InChI is InChI=1S/C11H21N/c1-8-3-4-11(7-9(8)2)12-10-5-6-10/h8-12H,3-7H2,1-2H3/t8-,9+,11+/m1/s1. The van der Waals surface area contributed by atoms with E-state index in [2.05, 4.69) is 19.2 Å². The van der Waals surface area contributed by atoms with E-state index in [4.69, 9.17) is 0 Å². The van der Waals surface area contributed by atoms with Gasteiger partial charge in [0.15, 0.2) is 0 Å². The minimum Gasteiger partial charge on any atom is -0.311 e. The van der Waals surface area contributed by atoms with Gasteiger partial charge in [0.25, 0.3) is 0 Å². The van der Waals surface area contributed by atoms with Gasteiger partial charge in [-0.2, -0.15) is 0 Å². The van der Waals surface area contributed by atoms with E-state index in [1.54, 1.807) is 0 Å². The van der Waals surface area contributed by atoms with Crippen molar-refractivity contribution in [3.8, 4) is 0 Å². The molecule has 2 saturated carbocycles.